The molecule has 0 amide bonds. The van der Waals surface area contributed by atoms with Gasteiger partial charge < -0.3 is 9.64 Å². The van der Waals surface area contributed by atoms with Gasteiger partial charge in [0.15, 0.2) is 0 Å². The molecule has 0 aliphatic heterocycles. The van der Waals surface area contributed by atoms with Gasteiger partial charge in [0.05, 0.1) is 22.6 Å². The number of aliphatic imine (C=N–C) groups is 1. The Morgan fingerprint density at radius 2 is 1.66 bits per heavy atom. The van der Waals surface area contributed by atoms with Crippen LogP contribution in [-0.4, -0.2) is 24.8 Å². The molecule has 158 valence electrons. The lowest BCUT2D eigenvalue weighted by Gasteiger charge is -2.17. The van der Waals surface area contributed by atoms with Crippen molar-refractivity contribution in [1.82, 2.24) is 4.90 Å². The quantitative estimate of drug-likeness (QED) is 0.283. The highest BCUT2D eigenvalue weighted by molar-refractivity contribution is 6.31. The summed E-state index contributed by atoms with van der Waals surface area (Å²) in [7, 11) is 1.71. The smallest absolute Gasteiger partial charge is 0.420 e. The molecule has 0 bridgehead atoms. The number of aryl methyl sites for hydroxylation is 1. The Hall–Kier alpha value is -2.42. The van der Waals surface area contributed by atoms with Gasteiger partial charge in [-0.1, -0.05) is 11.6 Å². The van der Waals surface area contributed by atoms with Crippen LogP contribution in [-0.2, 0) is 12.4 Å². The molecule has 2 rings (SSSR count). The molecule has 2 aromatic carbocycles. The van der Waals surface area contributed by atoms with Crippen LogP contribution in [0.4, 0.5) is 32.0 Å². The number of ether oxygens (including phenoxy) is 1. The lowest BCUT2D eigenvalue weighted by atomic mass is 10.1. The summed E-state index contributed by atoms with van der Waals surface area (Å²) >= 11 is 5.53. The molecule has 0 radical (unpaired) electrons. The van der Waals surface area contributed by atoms with E-state index in [9.17, 15) is 26.3 Å². The molecule has 0 aromatic heterocycles. The number of hydrogen-bond donors (Lipinski definition) is 0. The fraction of sp³-hybridized carbons (Fsp3) is 0.316. The summed E-state index contributed by atoms with van der Waals surface area (Å²) in [5.74, 6) is -1.05. The maximum absolute atomic E-state index is 13.5. The van der Waals surface area contributed by atoms with Crippen LogP contribution in [0, 0.1) is 6.92 Å². The molecule has 0 unspecified atom stereocenters. The number of rotatable bonds is 5. The van der Waals surface area contributed by atoms with Gasteiger partial charge in [0.2, 0.25) is 0 Å². The second kappa shape index (κ2) is 8.52. The molecule has 0 atom stereocenters. The topological polar surface area (TPSA) is 24.8 Å². The summed E-state index contributed by atoms with van der Waals surface area (Å²) in [5.41, 5.74) is -1.93. The molecule has 10 heteroatoms. The van der Waals surface area contributed by atoms with Crippen molar-refractivity contribution in [2.45, 2.75) is 26.2 Å². The second-order valence-electron chi connectivity index (χ2n) is 6.19. The molecule has 0 aliphatic carbocycles. The summed E-state index contributed by atoms with van der Waals surface area (Å²) in [6.45, 7) is 3.97. The molecule has 0 spiro atoms. The third-order valence-corrected chi connectivity index (χ3v) is 4.30. The number of nitrogens with zero attached hydrogens (tertiary/aromatic N) is 2. The zero-order valence-corrected chi connectivity index (χ0v) is 16.4. The molecule has 0 saturated carbocycles. The Labute approximate surface area is 168 Å². The highest BCUT2D eigenvalue weighted by Gasteiger charge is 2.36. The zero-order valence-electron chi connectivity index (χ0n) is 15.6. The van der Waals surface area contributed by atoms with E-state index in [1.54, 1.807) is 11.9 Å². The standard InChI is InChI=1S/C19H17ClF6N2O/c1-4-28(3)10-27-16-9-14(19(24,25)26)17(7-11(16)2)29-12-5-6-15(20)13(8-12)18(21,22)23/h5-10H,4H2,1-3H3. The molecule has 0 heterocycles. The van der Waals surface area contributed by atoms with E-state index >= 15 is 0 Å². The monoisotopic (exact) mass is 438 g/mol. The molecule has 0 saturated heterocycles. The number of hydrogen-bond acceptors (Lipinski definition) is 2. The summed E-state index contributed by atoms with van der Waals surface area (Å²) < 4.78 is 84.7. The van der Waals surface area contributed by atoms with Crippen LogP contribution >= 0.6 is 11.6 Å². The third kappa shape index (κ3) is 5.79. The van der Waals surface area contributed by atoms with Crippen molar-refractivity contribution < 1.29 is 31.1 Å². The molecule has 3 nitrogen and oxygen atoms in total. The van der Waals surface area contributed by atoms with E-state index in [0.29, 0.717) is 18.2 Å². The van der Waals surface area contributed by atoms with Gasteiger partial charge in [-0.2, -0.15) is 26.3 Å². The molecular formula is C19H17ClF6N2O. The molecule has 0 fully saturated rings. The first kappa shape index (κ1) is 22.9. The minimum absolute atomic E-state index is 0.0667. The van der Waals surface area contributed by atoms with Crippen LogP contribution in [0.2, 0.25) is 5.02 Å². The van der Waals surface area contributed by atoms with E-state index in [-0.39, 0.29) is 5.69 Å². The largest absolute Gasteiger partial charge is 0.457 e. The van der Waals surface area contributed by atoms with Crippen molar-refractivity contribution in [2.75, 3.05) is 13.6 Å². The van der Waals surface area contributed by atoms with Crippen molar-refractivity contribution in [2.24, 2.45) is 4.99 Å². The first-order valence-electron chi connectivity index (χ1n) is 8.33. The zero-order chi connectivity index (χ0) is 22.0. The third-order valence-electron chi connectivity index (χ3n) is 3.97. The Balaban J connectivity index is 2.50. The summed E-state index contributed by atoms with van der Waals surface area (Å²) in [6.07, 6.45) is -8.19. The van der Waals surface area contributed by atoms with Gasteiger partial charge in [-0.15, -0.1) is 0 Å². The first-order valence-corrected chi connectivity index (χ1v) is 8.71. The van der Waals surface area contributed by atoms with Crippen molar-refractivity contribution >= 4 is 23.6 Å². The van der Waals surface area contributed by atoms with Crippen LogP contribution in [0.25, 0.3) is 0 Å². The predicted molar refractivity (Wildman–Crippen MR) is 99.2 cm³/mol. The Morgan fingerprint density at radius 1 is 1.03 bits per heavy atom. The van der Waals surface area contributed by atoms with Crippen molar-refractivity contribution in [3.8, 4) is 11.5 Å². The van der Waals surface area contributed by atoms with E-state index in [1.165, 1.54) is 13.3 Å². The molecule has 29 heavy (non-hydrogen) atoms. The Morgan fingerprint density at radius 3 is 2.21 bits per heavy atom. The normalized spacial score (nSPS) is 12.5. The summed E-state index contributed by atoms with van der Waals surface area (Å²) in [6, 6.07) is 4.42. The minimum atomic E-state index is -4.80. The van der Waals surface area contributed by atoms with Crippen LogP contribution < -0.4 is 4.74 Å². The highest BCUT2D eigenvalue weighted by Crippen LogP contribution is 2.43. The number of benzene rings is 2. The second-order valence-corrected chi connectivity index (χ2v) is 6.60. The first-order chi connectivity index (χ1) is 13.3. The fourth-order valence-electron chi connectivity index (χ4n) is 2.27. The number of halogens is 7. The van der Waals surface area contributed by atoms with Gasteiger partial charge in [0, 0.05) is 13.6 Å². The van der Waals surface area contributed by atoms with Crippen molar-refractivity contribution in [1.29, 1.82) is 0 Å². The van der Waals surface area contributed by atoms with Crippen LogP contribution in [0.15, 0.2) is 35.3 Å². The van der Waals surface area contributed by atoms with Crippen LogP contribution in [0.5, 0.6) is 11.5 Å². The number of alkyl halides is 6. The van der Waals surface area contributed by atoms with Gasteiger partial charge in [-0.25, -0.2) is 4.99 Å². The summed E-state index contributed by atoms with van der Waals surface area (Å²) in [5, 5.41) is -0.582. The van der Waals surface area contributed by atoms with E-state index in [1.807, 2.05) is 6.92 Å². The highest BCUT2D eigenvalue weighted by atomic mass is 35.5. The average Bonchev–Trinajstić information content (AvgIpc) is 2.60. The Bertz CT molecular complexity index is 909. The molecular weight excluding hydrogens is 422 g/mol. The van der Waals surface area contributed by atoms with Crippen LogP contribution in [0.1, 0.15) is 23.6 Å². The van der Waals surface area contributed by atoms with Gasteiger partial charge >= 0.3 is 12.4 Å². The van der Waals surface area contributed by atoms with Gasteiger partial charge in [0.25, 0.3) is 0 Å². The van der Waals surface area contributed by atoms with Crippen molar-refractivity contribution in [3.05, 3.63) is 52.0 Å². The molecule has 2 aromatic rings. The average molecular weight is 439 g/mol. The van der Waals surface area contributed by atoms with E-state index in [4.69, 9.17) is 16.3 Å². The van der Waals surface area contributed by atoms with Crippen molar-refractivity contribution in [3.63, 3.8) is 0 Å². The van der Waals surface area contributed by atoms with Crippen LogP contribution in [0.3, 0.4) is 0 Å². The van der Waals surface area contributed by atoms with Gasteiger partial charge in [-0.05, 0) is 49.7 Å². The minimum Gasteiger partial charge on any atom is -0.457 e. The molecule has 0 N–H and O–H groups in total. The predicted octanol–water partition coefficient (Wildman–Crippen LogP) is 7.09. The Kier molecular flexibility index (Phi) is 6.72. The SMILES string of the molecule is CCN(C)C=Nc1cc(C(F)(F)F)c(Oc2ccc(Cl)c(C(F)(F)F)c2)cc1C. The lowest BCUT2D eigenvalue weighted by Crippen LogP contribution is -2.14. The maximum Gasteiger partial charge on any atom is 0.420 e. The lowest BCUT2D eigenvalue weighted by molar-refractivity contribution is -0.139. The fourth-order valence-corrected chi connectivity index (χ4v) is 2.49. The molecule has 0 aliphatic rings. The summed E-state index contributed by atoms with van der Waals surface area (Å²) in [4.78, 5) is 5.71. The van der Waals surface area contributed by atoms with Gasteiger partial charge in [0.1, 0.15) is 17.1 Å². The maximum atomic E-state index is 13.5. The van der Waals surface area contributed by atoms with E-state index < -0.39 is 40.0 Å². The van der Waals surface area contributed by atoms with Gasteiger partial charge in [-0.3, -0.25) is 0 Å². The van der Waals surface area contributed by atoms with E-state index in [2.05, 4.69) is 4.99 Å². The van der Waals surface area contributed by atoms with E-state index in [0.717, 1.165) is 24.3 Å².